The van der Waals surface area contributed by atoms with E-state index in [9.17, 15) is 22.8 Å². The second kappa shape index (κ2) is 8.96. The first kappa shape index (κ1) is 25.1. The number of methoxy groups -OCH3 is 1. The fraction of sp³-hybridized carbons (Fsp3) is 0.615. The Morgan fingerprint density at radius 1 is 1.16 bits per heavy atom. The SMILES string of the molecule is COc1cc(-c2cc(C(=O)N3CC[C@H](C(=O)N[C@H]4CC[C@]5(CC4)NCC5(F)F)CC34CC4)n[nH]2)c(F)cn1. The molecule has 4 fully saturated rings. The van der Waals surface area contributed by atoms with Crippen LogP contribution in [0.1, 0.15) is 61.9 Å². The second-order valence-corrected chi connectivity index (χ2v) is 11.2. The van der Waals surface area contributed by atoms with Crippen molar-refractivity contribution in [1.82, 2.24) is 30.7 Å². The smallest absolute Gasteiger partial charge is 0.278 e. The van der Waals surface area contributed by atoms with Crippen LogP contribution in [0.15, 0.2) is 18.3 Å². The summed E-state index contributed by atoms with van der Waals surface area (Å²) in [5, 5.41) is 12.9. The Balaban J connectivity index is 1.07. The van der Waals surface area contributed by atoms with Gasteiger partial charge in [0.15, 0.2) is 11.5 Å². The first-order chi connectivity index (χ1) is 18.2. The third-order valence-corrected chi connectivity index (χ3v) is 9.00. The van der Waals surface area contributed by atoms with Gasteiger partial charge in [0.2, 0.25) is 11.8 Å². The zero-order valence-corrected chi connectivity index (χ0v) is 21.2. The maximum Gasteiger partial charge on any atom is 0.278 e. The molecule has 204 valence electrons. The highest BCUT2D eigenvalue weighted by Crippen LogP contribution is 2.51. The minimum atomic E-state index is -2.67. The average molecular weight is 533 g/mol. The zero-order chi connectivity index (χ0) is 26.7. The molecule has 38 heavy (non-hydrogen) atoms. The standard InChI is InChI=1S/C26H31F3N6O3/c1-38-21-10-17(18(27)13-30-21)19-11-20(34-33-19)23(37)35-9-4-15(12-24(35)7-8-24)22(36)32-16-2-5-25(6-3-16)26(28,29)14-31-25/h10-11,13,15-16,31H,2-9,12,14H2,1H3,(H,32,36)(H,33,34)/t15-,16-,25+/m0/s1. The Morgan fingerprint density at radius 2 is 1.92 bits per heavy atom. The van der Waals surface area contributed by atoms with Crippen LogP contribution in [0.2, 0.25) is 0 Å². The number of aromatic amines is 1. The van der Waals surface area contributed by atoms with Crippen molar-refractivity contribution in [2.75, 3.05) is 20.2 Å². The number of alkyl halides is 2. The number of amides is 2. The molecule has 0 radical (unpaired) electrons. The van der Waals surface area contributed by atoms with E-state index in [0.29, 0.717) is 50.8 Å². The van der Waals surface area contributed by atoms with Crippen molar-refractivity contribution >= 4 is 11.8 Å². The molecule has 2 amide bonds. The van der Waals surface area contributed by atoms with Crippen molar-refractivity contribution in [3.8, 4) is 17.1 Å². The summed E-state index contributed by atoms with van der Waals surface area (Å²) in [4.78, 5) is 32.1. The molecular weight excluding hydrogens is 501 g/mol. The van der Waals surface area contributed by atoms with E-state index >= 15 is 0 Å². The summed E-state index contributed by atoms with van der Waals surface area (Å²) in [5.74, 6) is -3.53. The highest BCUT2D eigenvalue weighted by molar-refractivity contribution is 5.94. The molecule has 3 N–H and O–H groups in total. The number of carbonyl (C=O) groups is 2. The van der Waals surface area contributed by atoms with Crippen molar-refractivity contribution in [2.45, 2.75) is 74.4 Å². The lowest BCUT2D eigenvalue weighted by Gasteiger charge is -2.53. The molecule has 4 heterocycles. The highest BCUT2D eigenvalue weighted by atomic mass is 19.3. The van der Waals surface area contributed by atoms with Gasteiger partial charge in [-0.05, 0) is 57.4 Å². The zero-order valence-electron chi connectivity index (χ0n) is 21.2. The predicted octanol–water partition coefficient (Wildman–Crippen LogP) is 3.04. The van der Waals surface area contributed by atoms with Crippen molar-refractivity contribution in [2.24, 2.45) is 5.92 Å². The summed E-state index contributed by atoms with van der Waals surface area (Å²) < 4.78 is 47.4. The lowest BCUT2D eigenvalue weighted by atomic mass is 9.70. The first-order valence-electron chi connectivity index (χ1n) is 13.2. The summed E-state index contributed by atoms with van der Waals surface area (Å²) in [6.45, 7) is 0.152. The number of nitrogens with one attached hydrogen (secondary N) is 3. The van der Waals surface area contributed by atoms with E-state index in [1.165, 1.54) is 19.2 Å². The number of piperidine rings is 1. The maximum atomic E-state index is 14.3. The van der Waals surface area contributed by atoms with Gasteiger partial charge >= 0.3 is 0 Å². The Labute approximate surface area is 217 Å². The number of likely N-dealkylation sites (tertiary alicyclic amines) is 1. The molecule has 4 aliphatic rings. The molecule has 12 heteroatoms. The van der Waals surface area contributed by atoms with Gasteiger partial charge in [-0.1, -0.05) is 0 Å². The van der Waals surface area contributed by atoms with Gasteiger partial charge in [-0.3, -0.25) is 14.7 Å². The summed E-state index contributed by atoms with van der Waals surface area (Å²) in [6, 6.07) is 2.85. The number of carbonyl (C=O) groups excluding carboxylic acids is 2. The lowest BCUT2D eigenvalue weighted by Crippen LogP contribution is -2.75. The van der Waals surface area contributed by atoms with Gasteiger partial charge in [0.25, 0.3) is 11.8 Å². The quantitative estimate of drug-likeness (QED) is 0.546. The minimum Gasteiger partial charge on any atom is -0.481 e. The molecule has 0 bridgehead atoms. The summed E-state index contributed by atoms with van der Waals surface area (Å²) in [5.41, 5.74) is -0.753. The third-order valence-electron chi connectivity index (χ3n) is 9.00. The van der Waals surface area contributed by atoms with Crippen LogP contribution in [0.5, 0.6) is 5.88 Å². The molecule has 2 aliphatic heterocycles. The van der Waals surface area contributed by atoms with Crippen LogP contribution < -0.4 is 15.4 Å². The second-order valence-electron chi connectivity index (χ2n) is 11.2. The fourth-order valence-electron chi connectivity index (χ4n) is 6.39. The monoisotopic (exact) mass is 532 g/mol. The summed E-state index contributed by atoms with van der Waals surface area (Å²) >= 11 is 0. The van der Waals surface area contributed by atoms with Gasteiger partial charge in [0.05, 0.1) is 31.1 Å². The molecular formula is C26H31F3N6O3. The van der Waals surface area contributed by atoms with E-state index in [0.717, 1.165) is 19.0 Å². The van der Waals surface area contributed by atoms with E-state index in [-0.39, 0.29) is 53.0 Å². The molecule has 2 aromatic rings. The Hall–Kier alpha value is -3.15. The van der Waals surface area contributed by atoms with Crippen LogP contribution in [-0.2, 0) is 4.79 Å². The van der Waals surface area contributed by atoms with Crippen molar-refractivity contribution in [3.63, 3.8) is 0 Å². The average Bonchev–Trinajstić information content (AvgIpc) is 3.49. The van der Waals surface area contributed by atoms with Gasteiger partial charge in [0, 0.05) is 35.7 Å². The van der Waals surface area contributed by atoms with Crippen LogP contribution in [0.4, 0.5) is 13.2 Å². The fourth-order valence-corrected chi connectivity index (χ4v) is 6.39. The molecule has 2 spiro atoms. The van der Waals surface area contributed by atoms with Crippen LogP contribution in [-0.4, -0.2) is 75.1 Å². The van der Waals surface area contributed by atoms with Gasteiger partial charge in [-0.15, -0.1) is 0 Å². The minimum absolute atomic E-state index is 0.0539. The topological polar surface area (TPSA) is 112 Å². The van der Waals surface area contributed by atoms with Crippen molar-refractivity contribution < 1.29 is 27.5 Å². The largest absolute Gasteiger partial charge is 0.481 e. The van der Waals surface area contributed by atoms with E-state index in [2.05, 4.69) is 25.8 Å². The number of pyridine rings is 1. The molecule has 6 rings (SSSR count). The van der Waals surface area contributed by atoms with Gasteiger partial charge < -0.3 is 20.3 Å². The molecule has 1 atom stereocenters. The number of ether oxygens (including phenoxy) is 1. The number of halogens is 3. The molecule has 0 aromatic carbocycles. The molecule has 9 nitrogen and oxygen atoms in total. The number of hydrogen-bond acceptors (Lipinski definition) is 6. The first-order valence-corrected chi connectivity index (χ1v) is 13.2. The number of rotatable bonds is 5. The van der Waals surface area contributed by atoms with Crippen molar-refractivity contribution in [1.29, 1.82) is 0 Å². The molecule has 2 aliphatic carbocycles. The molecule has 2 saturated carbocycles. The Morgan fingerprint density at radius 3 is 2.55 bits per heavy atom. The van der Waals surface area contributed by atoms with Crippen LogP contribution in [0, 0.1) is 11.7 Å². The van der Waals surface area contributed by atoms with Crippen LogP contribution >= 0.6 is 0 Å². The van der Waals surface area contributed by atoms with Gasteiger partial charge in [0.1, 0.15) is 0 Å². The van der Waals surface area contributed by atoms with Crippen LogP contribution in [0.3, 0.4) is 0 Å². The van der Waals surface area contributed by atoms with Crippen LogP contribution in [0.25, 0.3) is 11.3 Å². The number of H-pyrrole nitrogens is 1. The number of aromatic nitrogens is 3. The van der Waals surface area contributed by atoms with E-state index in [1.807, 2.05) is 0 Å². The van der Waals surface area contributed by atoms with E-state index in [1.54, 1.807) is 4.90 Å². The molecule has 2 saturated heterocycles. The number of hydrogen-bond donors (Lipinski definition) is 3. The summed E-state index contributed by atoms with van der Waals surface area (Å²) in [7, 11) is 1.43. The Bertz CT molecular complexity index is 1250. The van der Waals surface area contributed by atoms with Gasteiger partial charge in [-0.2, -0.15) is 5.10 Å². The normalized spacial score (nSPS) is 29.1. The predicted molar refractivity (Wildman–Crippen MR) is 130 cm³/mol. The highest BCUT2D eigenvalue weighted by Gasteiger charge is 2.62. The maximum absolute atomic E-state index is 14.3. The Kier molecular flexibility index (Phi) is 5.93. The van der Waals surface area contributed by atoms with Crippen molar-refractivity contribution in [3.05, 3.63) is 29.8 Å². The summed E-state index contributed by atoms with van der Waals surface area (Å²) in [6.07, 6.45) is 5.51. The lowest BCUT2D eigenvalue weighted by molar-refractivity contribution is -0.170. The van der Waals surface area contributed by atoms with E-state index in [4.69, 9.17) is 4.74 Å². The number of nitrogens with zero attached hydrogens (tertiary/aromatic N) is 3. The molecule has 2 aromatic heterocycles. The third kappa shape index (κ3) is 4.13. The van der Waals surface area contributed by atoms with Gasteiger partial charge in [-0.25, -0.2) is 18.2 Å². The van der Waals surface area contributed by atoms with E-state index < -0.39 is 17.3 Å². The molecule has 0 unspecified atom stereocenters.